The number of benzene rings is 1. The molecular formula is C10H9ClF3N. The van der Waals surface area contributed by atoms with Crippen molar-refractivity contribution in [3.05, 3.63) is 34.3 Å². The van der Waals surface area contributed by atoms with Crippen molar-refractivity contribution in [3.63, 3.8) is 0 Å². The standard InChI is InChI=1S/C10H9ClF3N/c11-8-5-6(9-3-4-15-9)1-2-7(8)10(12,13)14/h1-2,5,9,15H,3-4H2/t9-/m1/s1. The van der Waals surface area contributed by atoms with Crippen LogP contribution >= 0.6 is 11.6 Å². The normalized spacial score (nSPS) is 21.2. The predicted molar refractivity (Wildman–Crippen MR) is 51.8 cm³/mol. The van der Waals surface area contributed by atoms with Crippen LogP contribution in [0.3, 0.4) is 0 Å². The molecule has 1 aromatic carbocycles. The van der Waals surface area contributed by atoms with E-state index in [9.17, 15) is 13.2 Å². The van der Waals surface area contributed by atoms with Crippen LogP contribution in [-0.4, -0.2) is 6.54 Å². The zero-order chi connectivity index (χ0) is 11.1. The zero-order valence-electron chi connectivity index (χ0n) is 7.74. The minimum atomic E-state index is -4.37. The van der Waals surface area contributed by atoms with Crippen molar-refractivity contribution < 1.29 is 13.2 Å². The van der Waals surface area contributed by atoms with Crippen molar-refractivity contribution in [1.29, 1.82) is 0 Å². The minimum absolute atomic E-state index is 0.157. The van der Waals surface area contributed by atoms with Gasteiger partial charge in [0.1, 0.15) is 0 Å². The number of rotatable bonds is 1. The molecule has 0 radical (unpaired) electrons. The van der Waals surface area contributed by atoms with E-state index < -0.39 is 11.7 Å². The Balaban J connectivity index is 2.30. The SMILES string of the molecule is FC(F)(F)c1ccc([C@H]2CCN2)cc1Cl. The van der Waals surface area contributed by atoms with Gasteiger partial charge in [-0.1, -0.05) is 17.7 Å². The van der Waals surface area contributed by atoms with Crippen LogP contribution in [0.4, 0.5) is 13.2 Å². The maximum Gasteiger partial charge on any atom is 0.417 e. The Hall–Kier alpha value is -0.740. The molecule has 1 aliphatic rings. The molecule has 0 amide bonds. The smallest absolute Gasteiger partial charge is 0.310 e. The highest BCUT2D eigenvalue weighted by molar-refractivity contribution is 6.31. The monoisotopic (exact) mass is 235 g/mol. The minimum Gasteiger partial charge on any atom is -0.310 e. The number of hydrogen-bond donors (Lipinski definition) is 1. The van der Waals surface area contributed by atoms with Crippen LogP contribution in [0.2, 0.25) is 5.02 Å². The van der Waals surface area contributed by atoms with Crippen LogP contribution < -0.4 is 5.32 Å². The lowest BCUT2D eigenvalue weighted by Gasteiger charge is -2.28. The molecule has 15 heavy (non-hydrogen) atoms. The lowest BCUT2D eigenvalue weighted by Crippen LogP contribution is -2.34. The Labute approximate surface area is 90.2 Å². The molecular weight excluding hydrogens is 227 g/mol. The topological polar surface area (TPSA) is 12.0 Å². The molecule has 1 heterocycles. The Morgan fingerprint density at radius 2 is 2.00 bits per heavy atom. The molecule has 0 bridgehead atoms. The molecule has 0 unspecified atom stereocenters. The van der Waals surface area contributed by atoms with E-state index in [0.29, 0.717) is 0 Å². The summed E-state index contributed by atoms with van der Waals surface area (Å²) in [6.07, 6.45) is -3.43. The van der Waals surface area contributed by atoms with Gasteiger partial charge in [0, 0.05) is 6.04 Å². The van der Waals surface area contributed by atoms with E-state index in [2.05, 4.69) is 5.32 Å². The second kappa shape index (κ2) is 3.68. The van der Waals surface area contributed by atoms with Crippen molar-refractivity contribution in [3.8, 4) is 0 Å². The summed E-state index contributed by atoms with van der Waals surface area (Å²) in [7, 11) is 0. The summed E-state index contributed by atoms with van der Waals surface area (Å²) >= 11 is 5.59. The van der Waals surface area contributed by atoms with Crippen LogP contribution in [0, 0.1) is 0 Å². The number of halogens is 4. The predicted octanol–water partition coefficient (Wildman–Crippen LogP) is 3.39. The quantitative estimate of drug-likeness (QED) is 0.787. The third kappa shape index (κ3) is 2.11. The van der Waals surface area contributed by atoms with Crippen molar-refractivity contribution in [2.45, 2.75) is 18.6 Å². The van der Waals surface area contributed by atoms with Gasteiger partial charge in [-0.05, 0) is 30.7 Å². The summed E-state index contributed by atoms with van der Waals surface area (Å²) in [5, 5.41) is 2.88. The highest BCUT2D eigenvalue weighted by Crippen LogP contribution is 2.36. The van der Waals surface area contributed by atoms with Crippen LogP contribution in [-0.2, 0) is 6.18 Å². The van der Waals surface area contributed by atoms with Gasteiger partial charge in [-0.2, -0.15) is 13.2 Å². The molecule has 1 aliphatic heterocycles. The highest BCUT2D eigenvalue weighted by atomic mass is 35.5. The van der Waals surface area contributed by atoms with Gasteiger partial charge in [0.2, 0.25) is 0 Å². The van der Waals surface area contributed by atoms with E-state index >= 15 is 0 Å². The third-order valence-corrected chi connectivity index (χ3v) is 2.84. The number of nitrogens with one attached hydrogen (secondary N) is 1. The Morgan fingerprint density at radius 1 is 1.33 bits per heavy atom. The molecule has 1 nitrogen and oxygen atoms in total. The molecule has 0 aromatic heterocycles. The Morgan fingerprint density at radius 3 is 2.40 bits per heavy atom. The summed E-state index contributed by atoms with van der Waals surface area (Å²) in [6, 6.07) is 4.06. The van der Waals surface area contributed by atoms with E-state index in [-0.39, 0.29) is 11.1 Å². The van der Waals surface area contributed by atoms with Crippen LogP contribution in [0.5, 0.6) is 0 Å². The first-order valence-corrected chi connectivity index (χ1v) is 4.96. The second-order valence-electron chi connectivity index (χ2n) is 3.53. The fourth-order valence-electron chi connectivity index (χ4n) is 1.55. The van der Waals surface area contributed by atoms with E-state index in [0.717, 1.165) is 24.6 Å². The molecule has 1 N–H and O–H groups in total. The van der Waals surface area contributed by atoms with Gasteiger partial charge in [-0.15, -0.1) is 0 Å². The lowest BCUT2D eigenvalue weighted by atomic mass is 9.97. The number of alkyl halides is 3. The lowest BCUT2D eigenvalue weighted by molar-refractivity contribution is -0.137. The van der Waals surface area contributed by atoms with E-state index in [1.54, 1.807) is 0 Å². The van der Waals surface area contributed by atoms with Crippen LogP contribution in [0.1, 0.15) is 23.6 Å². The summed E-state index contributed by atoms with van der Waals surface area (Å²) in [6.45, 7) is 0.906. The van der Waals surface area contributed by atoms with Gasteiger partial charge >= 0.3 is 6.18 Å². The fourth-order valence-corrected chi connectivity index (χ4v) is 1.85. The maximum atomic E-state index is 12.4. The van der Waals surface area contributed by atoms with Crippen molar-refractivity contribution in [2.75, 3.05) is 6.54 Å². The fraction of sp³-hybridized carbons (Fsp3) is 0.400. The van der Waals surface area contributed by atoms with Gasteiger partial charge in [0.15, 0.2) is 0 Å². The molecule has 0 aliphatic carbocycles. The molecule has 0 saturated carbocycles. The average Bonchev–Trinajstić information content (AvgIpc) is 1.97. The molecule has 1 aromatic rings. The summed E-state index contributed by atoms with van der Waals surface area (Å²) in [5.41, 5.74) is 0.0477. The van der Waals surface area contributed by atoms with Gasteiger partial charge in [0.25, 0.3) is 0 Å². The van der Waals surface area contributed by atoms with Gasteiger partial charge in [-0.3, -0.25) is 0 Å². The molecule has 1 saturated heterocycles. The molecule has 1 fully saturated rings. The van der Waals surface area contributed by atoms with E-state index in [4.69, 9.17) is 11.6 Å². The Bertz CT molecular complexity index is 371. The summed E-state index contributed by atoms with van der Waals surface area (Å²) in [5.74, 6) is 0. The number of hydrogen-bond acceptors (Lipinski definition) is 1. The zero-order valence-corrected chi connectivity index (χ0v) is 8.49. The van der Waals surface area contributed by atoms with E-state index in [1.807, 2.05) is 0 Å². The molecule has 5 heteroatoms. The van der Waals surface area contributed by atoms with E-state index in [1.165, 1.54) is 12.1 Å². The molecule has 0 spiro atoms. The summed E-state index contributed by atoms with van der Waals surface area (Å²) < 4.78 is 37.1. The highest BCUT2D eigenvalue weighted by Gasteiger charge is 2.33. The molecule has 1 atom stereocenters. The van der Waals surface area contributed by atoms with Gasteiger partial charge in [-0.25, -0.2) is 0 Å². The first-order valence-electron chi connectivity index (χ1n) is 4.58. The van der Waals surface area contributed by atoms with Crippen LogP contribution in [0.15, 0.2) is 18.2 Å². The van der Waals surface area contributed by atoms with Crippen molar-refractivity contribution >= 4 is 11.6 Å². The first kappa shape index (κ1) is 10.8. The van der Waals surface area contributed by atoms with Crippen molar-refractivity contribution in [1.82, 2.24) is 5.32 Å². The van der Waals surface area contributed by atoms with Gasteiger partial charge < -0.3 is 5.32 Å². The first-order chi connectivity index (χ1) is 6.98. The Kier molecular flexibility index (Phi) is 2.64. The van der Waals surface area contributed by atoms with Gasteiger partial charge in [0.05, 0.1) is 10.6 Å². The average molecular weight is 236 g/mol. The maximum absolute atomic E-state index is 12.4. The summed E-state index contributed by atoms with van der Waals surface area (Å²) in [4.78, 5) is 0. The third-order valence-electron chi connectivity index (χ3n) is 2.52. The largest absolute Gasteiger partial charge is 0.417 e. The van der Waals surface area contributed by atoms with Crippen LogP contribution in [0.25, 0.3) is 0 Å². The molecule has 82 valence electrons. The van der Waals surface area contributed by atoms with Crippen molar-refractivity contribution in [2.24, 2.45) is 0 Å². The second-order valence-corrected chi connectivity index (χ2v) is 3.94. The molecule has 2 rings (SSSR count).